The number of hydrogen-bond acceptors (Lipinski definition) is 5. The Balaban J connectivity index is 2.21. The number of aliphatic carboxylic acids is 1. The highest BCUT2D eigenvalue weighted by Crippen LogP contribution is 2.32. The van der Waals surface area contributed by atoms with Gasteiger partial charge in [0.05, 0.1) is 0 Å². The zero-order valence-corrected chi connectivity index (χ0v) is 13.2. The number of carboxylic acids is 1. The molecule has 0 bridgehead atoms. The highest BCUT2D eigenvalue weighted by Gasteiger charge is 2.40. The lowest BCUT2D eigenvalue weighted by molar-refractivity contribution is -0.149. The Labute approximate surface area is 134 Å². The fraction of sp³-hybridized carbons (Fsp3) is 0.562. The van der Waals surface area contributed by atoms with Crippen molar-refractivity contribution in [3.05, 3.63) is 11.8 Å². The van der Waals surface area contributed by atoms with Crippen LogP contribution in [0.5, 0.6) is 5.88 Å². The van der Waals surface area contributed by atoms with E-state index in [4.69, 9.17) is 15.7 Å². The smallest absolute Gasteiger partial charge is 0.326 e. The number of carbonyl (C=O) groups is 2. The minimum absolute atomic E-state index is 0.0550. The van der Waals surface area contributed by atoms with Crippen LogP contribution in [0.15, 0.2) is 10.6 Å². The molecular weight excluding hydrogens is 300 g/mol. The Morgan fingerprint density at radius 3 is 2.96 bits per heavy atom. The van der Waals surface area contributed by atoms with Crippen molar-refractivity contribution in [1.82, 2.24) is 10.1 Å². The number of carbonyl (C=O) groups excluding carboxylic acids is 1. The van der Waals surface area contributed by atoms with Gasteiger partial charge in [-0.3, -0.25) is 4.79 Å². The van der Waals surface area contributed by atoms with Crippen LogP contribution in [0.3, 0.4) is 0 Å². The third-order valence-electron chi connectivity index (χ3n) is 3.87. The van der Waals surface area contributed by atoms with Crippen LogP contribution in [-0.2, 0) is 9.59 Å². The van der Waals surface area contributed by atoms with Crippen molar-refractivity contribution in [1.29, 1.82) is 0 Å². The van der Waals surface area contributed by atoms with Crippen LogP contribution >= 0.6 is 0 Å². The Bertz CT molecular complexity index is 616. The lowest BCUT2D eigenvalue weighted by Gasteiger charge is -2.27. The summed E-state index contributed by atoms with van der Waals surface area (Å²) in [5.74, 6) is 0.968. The first kappa shape index (κ1) is 16.9. The summed E-state index contributed by atoms with van der Waals surface area (Å²) >= 11 is 0. The summed E-state index contributed by atoms with van der Waals surface area (Å²) in [5.41, 5.74) is 0. The number of likely N-dealkylation sites (tertiary alicyclic amines) is 1. The number of aromatic nitrogens is 1. The number of carboxylic acid groups (broad SMARTS) is 1. The maximum Gasteiger partial charge on any atom is 0.326 e. The molecule has 1 aromatic rings. The van der Waals surface area contributed by atoms with Gasteiger partial charge >= 0.3 is 5.97 Å². The fourth-order valence-corrected chi connectivity index (χ4v) is 2.80. The molecule has 1 aromatic heterocycles. The Kier molecular flexibility index (Phi) is 5.27. The van der Waals surface area contributed by atoms with E-state index in [1.807, 2.05) is 13.8 Å². The van der Waals surface area contributed by atoms with Crippen LogP contribution in [0.4, 0.5) is 0 Å². The summed E-state index contributed by atoms with van der Waals surface area (Å²) in [5, 5.41) is 13.0. The summed E-state index contributed by atoms with van der Waals surface area (Å²) in [6.07, 6.45) is 6.27. The van der Waals surface area contributed by atoms with Crippen LogP contribution in [-0.4, -0.2) is 46.2 Å². The predicted molar refractivity (Wildman–Crippen MR) is 80.8 cm³/mol. The van der Waals surface area contributed by atoms with E-state index in [0.717, 1.165) is 0 Å². The molecule has 2 heterocycles. The van der Waals surface area contributed by atoms with Gasteiger partial charge in [0.2, 0.25) is 5.91 Å². The molecule has 0 aliphatic carbocycles. The molecule has 1 fully saturated rings. The molecule has 0 saturated carbocycles. The van der Waals surface area contributed by atoms with Gasteiger partial charge < -0.3 is 19.3 Å². The molecule has 0 spiro atoms. The van der Waals surface area contributed by atoms with Crippen LogP contribution in [0.2, 0.25) is 0 Å². The summed E-state index contributed by atoms with van der Waals surface area (Å²) in [6.45, 7) is 4.24. The lowest BCUT2D eigenvalue weighted by Crippen LogP contribution is -2.43. The first-order valence-corrected chi connectivity index (χ1v) is 7.51. The number of ether oxygens (including phenoxy) is 1. The molecule has 1 N–H and O–H groups in total. The summed E-state index contributed by atoms with van der Waals surface area (Å²) in [7, 11) is 0. The van der Waals surface area contributed by atoms with E-state index in [9.17, 15) is 14.7 Å². The second-order valence-corrected chi connectivity index (χ2v) is 5.81. The van der Waals surface area contributed by atoms with Crippen molar-refractivity contribution in [3.8, 4) is 18.2 Å². The van der Waals surface area contributed by atoms with Gasteiger partial charge in [0.1, 0.15) is 12.0 Å². The predicted octanol–water partition coefficient (Wildman–Crippen LogP) is 1.50. The lowest BCUT2D eigenvalue weighted by atomic mass is 9.91. The third kappa shape index (κ3) is 3.65. The number of nitrogens with zero attached hydrogens (tertiary/aromatic N) is 2. The van der Waals surface area contributed by atoms with Gasteiger partial charge in [0, 0.05) is 12.6 Å². The van der Waals surface area contributed by atoms with E-state index in [1.54, 1.807) is 0 Å². The van der Waals surface area contributed by atoms with Crippen LogP contribution < -0.4 is 4.74 Å². The molecule has 2 atom stereocenters. The molecule has 1 amide bonds. The van der Waals surface area contributed by atoms with Crippen molar-refractivity contribution < 1.29 is 24.0 Å². The van der Waals surface area contributed by atoms with E-state index in [0.29, 0.717) is 25.1 Å². The van der Waals surface area contributed by atoms with Gasteiger partial charge in [-0.15, -0.1) is 6.42 Å². The second-order valence-electron chi connectivity index (χ2n) is 5.81. The molecule has 23 heavy (non-hydrogen) atoms. The summed E-state index contributed by atoms with van der Waals surface area (Å²) in [4.78, 5) is 25.5. The third-order valence-corrected chi connectivity index (χ3v) is 3.87. The molecule has 1 aliphatic rings. The molecule has 2 rings (SSSR count). The first-order chi connectivity index (χ1) is 11.0. The van der Waals surface area contributed by atoms with Crippen molar-refractivity contribution in [3.63, 3.8) is 0 Å². The van der Waals surface area contributed by atoms with Crippen molar-refractivity contribution in [2.24, 2.45) is 5.92 Å². The highest BCUT2D eigenvalue weighted by molar-refractivity contribution is 5.88. The van der Waals surface area contributed by atoms with Crippen LogP contribution in [0.25, 0.3) is 0 Å². The molecule has 0 radical (unpaired) electrons. The van der Waals surface area contributed by atoms with Gasteiger partial charge in [0.25, 0.3) is 5.88 Å². The quantitative estimate of drug-likeness (QED) is 0.799. The maximum atomic E-state index is 12.8. The van der Waals surface area contributed by atoms with E-state index in [2.05, 4.69) is 11.1 Å². The summed E-state index contributed by atoms with van der Waals surface area (Å²) < 4.78 is 10.4. The van der Waals surface area contributed by atoms with Crippen LogP contribution in [0.1, 0.15) is 38.4 Å². The summed E-state index contributed by atoms with van der Waals surface area (Å²) in [6, 6.07) is 0.759. The molecule has 7 heteroatoms. The average Bonchev–Trinajstić information content (AvgIpc) is 3.14. The molecule has 7 nitrogen and oxygen atoms in total. The van der Waals surface area contributed by atoms with E-state index in [-0.39, 0.29) is 24.3 Å². The van der Waals surface area contributed by atoms with Gasteiger partial charge in [-0.2, -0.15) is 0 Å². The monoisotopic (exact) mass is 320 g/mol. The van der Waals surface area contributed by atoms with Gasteiger partial charge in [-0.25, -0.2) is 4.79 Å². The van der Waals surface area contributed by atoms with Crippen molar-refractivity contribution in [2.75, 3.05) is 13.2 Å². The van der Waals surface area contributed by atoms with E-state index >= 15 is 0 Å². The number of hydrogen-bond donors (Lipinski definition) is 1. The topological polar surface area (TPSA) is 92.9 Å². The fourth-order valence-electron chi connectivity index (χ4n) is 2.80. The zero-order valence-electron chi connectivity index (χ0n) is 13.2. The van der Waals surface area contributed by atoms with Crippen molar-refractivity contribution in [2.45, 2.75) is 38.6 Å². The van der Waals surface area contributed by atoms with Gasteiger partial charge in [-0.05, 0) is 23.9 Å². The number of rotatable bonds is 6. The Morgan fingerprint density at radius 2 is 2.35 bits per heavy atom. The number of terminal acetylenes is 1. The molecule has 1 aliphatic heterocycles. The normalized spacial score (nSPS) is 18.7. The Hall–Kier alpha value is -2.49. The van der Waals surface area contributed by atoms with Crippen molar-refractivity contribution >= 4 is 11.9 Å². The molecule has 124 valence electrons. The van der Waals surface area contributed by atoms with Gasteiger partial charge in [-0.1, -0.05) is 19.8 Å². The largest absolute Gasteiger partial charge is 0.480 e. The zero-order chi connectivity index (χ0) is 17.0. The Morgan fingerprint density at radius 1 is 1.61 bits per heavy atom. The highest BCUT2D eigenvalue weighted by atomic mass is 16.5. The number of amides is 1. The van der Waals surface area contributed by atoms with Gasteiger partial charge in [0.15, 0.2) is 12.4 Å². The maximum absolute atomic E-state index is 12.8. The molecule has 2 unspecified atom stereocenters. The van der Waals surface area contributed by atoms with E-state index in [1.165, 1.54) is 11.0 Å². The molecular formula is C16H20N2O5. The van der Waals surface area contributed by atoms with E-state index < -0.39 is 17.9 Å². The van der Waals surface area contributed by atoms with Crippen LogP contribution in [0, 0.1) is 18.3 Å². The standard InChI is InChI=1S/C16H20N2O5/c1-4-8-22-13-9-12(23-17-13)14(10(2)3)15(19)18-7-5-6-11(18)16(20)21/h1,9-11,14H,5-8H2,2-3H3,(H,20,21). The average molecular weight is 320 g/mol. The molecule has 1 saturated heterocycles. The minimum atomic E-state index is -0.978. The first-order valence-electron chi connectivity index (χ1n) is 7.51. The second kappa shape index (κ2) is 7.18. The molecule has 0 aromatic carbocycles. The minimum Gasteiger partial charge on any atom is -0.480 e. The SMILES string of the molecule is C#CCOc1cc(C(C(=O)N2CCCC2C(=O)O)C(C)C)on1.